The lowest BCUT2D eigenvalue weighted by molar-refractivity contribution is 0.357. The van der Waals surface area contributed by atoms with Gasteiger partial charge in [0.15, 0.2) is 0 Å². The first-order valence-electron chi connectivity index (χ1n) is 6.23. The van der Waals surface area contributed by atoms with Crippen LogP contribution in [0.1, 0.15) is 24.1 Å². The molecule has 2 aromatic rings. The van der Waals surface area contributed by atoms with Gasteiger partial charge in [0.25, 0.3) is 0 Å². The Bertz CT molecular complexity index is 562. The third-order valence-electron chi connectivity index (χ3n) is 3.30. The summed E-state index contributed by atoms with van der Waals surface area (Å²) in [4.78, 5) is 0. The highest BCUT2D eigenvalue weighted by atomic mass is 16.5. The lowest BCUT2D eigenvalue weighted by Crippen LogP contribution is -2.06. The van der Waals surface area contributed by atoms with Crippen molar-refractivity contribution in [1.82, 2.24) is 9.78 Å². The molecule has 1 aliphatic heterocycles. The Morgan fingerprint density at radius 2 is 2.33 bits per heavy atom. The van der Waals surface area contributed by atoms with Crippen LogP contribution in [-0.2, 0) is 13.5 Å². The molecule has 4 heteroatoms. The number of hydrogen-bond acceptors (Lipinski definition) is 3. The van der Waals surface area contributed by atoms with Gasteiger partial charge in [-0.1, -0.05) is 6.07 Å². The van der Waals surface area contributed by atoms with Gasteiger partial charge in [0.2, 0.25) is 0 Å². The van der Waals surface area contributed by atoms with E-state index in [0.717, 1.165) is 24.5 Å². The van der Waals surface area contributed by atoms with Crippen molar-refractivity contribution in [3.63, 3.8) is 0 Å². The Kier molecular flexibility index (Phi) is 2.70. The minimum Gasteiger partial charge on any atom is -0.493 e. The first-order valence-corrected chi connectivity index (χ1v) is 6.23. The van der Waals surface area contributed by atoms with Crippen LogP contribution >= 0.6 is 0 Å². The molecule has 2 heterocycles. The van der Waals surface area contributed by atoms with Crippen molar-refractivity contribution in [2.75, 3.05) is 11.9 Å². The first-order chi connectivity index (χ1) is 8.72. The van der Waals surface area contributed by atoms with Crippen molar-refractivity contribution in [1.29, 1.82) is 0 Å². The largest absolute Gasteiger partial charge is 0.493 e. The Hall–Kier alpha value is -1.97. The van der Waals surface area contributed by atoms with E-state index in [1.54, 1.807) is 4.68 Å². The zero-order valence-electron chi connectivity index (χ0n) is 10.7. The molecule has 18 heavy (non-hydrogen) atoms. The number of aryl methyl sites for hydroxylation is 1. The molecule has 1 atom stereocenters. The van der Waals surface area contributed by atoms with E-state index < -0.39 is 0 Å². The Balaban J connectivity index is 1.78. The fraction of sp³-hybridized carbons (Fsp3) is 0.357. The van der Waals surface area contributed by atoms with E-state index >= 15 is 0 Å². The summed E-state index contributed by atoms with van der Waals surface area (Å²) in [5.41, 5.74) is 3.64. The molecule has 0 radical (unpaired) electrons. The molecule has 1 aromatic carbocycles. The van der Waals surface area contributed by atoms with Gasteiger partial charge in [0.1, 0.15) is 5.75 Å². The quantitative estimate of drug-likeness (QED) is 0.900. The molecule has 0 amide bonds. The Labute approximate surface area is 107 Å². The maximum absolute atomic E-state index is 5.52. The summed E-state index contributed by atoms with van der Waals surface area (Å²) in [6.45, 7) is 2.97. The molecule has 94 valence electrons. The van der Waals surface area contributed by atoms with Crippen molar-refractivity contribution < 1.29 is 4.74 Å². The van der Waals surface area contributed by atoms with E-state index in [-0.39, 0.29) is 6.04 Å². The smallest absolute Gasteiger partial charge is 0.122 e. The summed E-state index contributed by atoms with van der Waals surface area (Å²) in [6, 6.07) is 6.69. The van der Waals surface area contributed by atoms with Crippen molar-refractivity contribution in [2.45, 2.75) is 19.4 Å². The summed E-state index contributed by atoms with van der Waals surface area (Å²) in [7, 11) is 1.92. The second-order valence-electron chi connectivity index (χ2n) is 4.73. The van der Waals surface area contributed by atoms with E-state index in [4.69, 9.17) is 4.74 Å². The van der Waals surface area contributed by atoms with E-state index in [1.165, 1.54) is 11.1 Å². The number of nitrogens with one attached hydrogen (secondary N) is 1. The first kappa shape index (κ1) is 11.1. The maximum atomic E-state index is 5.52. The molecule has 0 fully saturated rings. The lowest BCUT2D eigenvalue weighted by Gasteiger charge is -2.15. The minimum absolute atomic E-state index is 0.264. The minimum atomic E-state index is 0.264. The molecule has 3 rings (SSSR count). The zero-order chi connectivity index (χ0) is 12.5. The number of fused-ring (bicyclic) bond motifs is 1. The van der Waals surface area contributed by atoms with Crippen LogP contribution in [0.2, 0.25) is 0 Å². The van der Waals surface area contributed by atoms with Crippen LogP contribution in [0.5, 0.6) is 5.75 Å². The fourth-order valence-corrected chi connectivity index (χ4v) is 2.30. The zero-order valence-corrected chi connectivity index (χ0v) is 10.7. The van der Waals surface area contributed by atoms with Crippen LogP contribution in [0.3, 0.4) is 0 Å². The molecule has 0 bridgehead atoms. The summed E-state index contributed by atoms with van der Waals surface area (Å²) in [5.74, 6) is 1.03. The molecule has 1 unspecified atom stereocenters. The van der Waals surface area contributed by atoms with Gasteiger partial charge < -0.3 is 10.1 Å². The maximum Gasteiger partial charge on any atom is 0.122 e. The van der Waals surface area contributed by atoms with Crippen molar-refractivity contribution in [3.8, 4) is 5.75 Å². The summed E-state index contributed by atoms with van der Waals surface area (Å²) in [6.07, 6.45) is 4.84. The molecule has 4 nitrogen and oxygen atoms in total. The standard InChI is InChI=1S/C14H17N3O/c1-10(16-13-8-15-17(2)9-13)11-3-4-14-12(7-11)5-6-18-14/h3-4,7-10,16H,5-6H2,1-2H3. The van der Waals surface area contributed by atoms with Gasteiger partial charge in [0.05, 0.1) is 18.5 Å². The second kappa shape index (κ2) is 4.37. The van der Waals surface area contributed by atoms with Gasteiger partial charge in [-0.2, -0.15) is 5.10 Å². The van der Waals surface area contributed by atoms with E-state index in [1.807, 2.05) is 19.4 Å². The molecule has 0 aliphatic carbocycles. The summed E-state index contributed by atoms with van der Waals surface area (Å²) >= 11 is 0. The highest BCUT2D eigenvalue weighted by Gasteiger charge is 2.14. The van der Waals surface area contributed by atoms with Gasteiger partial charge in [-0.15, -0.1) is 0 Å². The van der Waals surface area contributed by atoms with Gasteiger partial charge in [-0.05, 0) is 30.2 Å². The normalized spacial score (nSPS) is 15.0. The number of rotatable bonds is 3. The predicted molar refractivity (Wildman–Crippen MR) is 70.9 cm³/mol. The third-order valence-corrected chi connectivity index (χ3v) is 3.30. The molecule has 1 N–H and O–H groups in total. The topological polar surface area (TPSA) is 39.1 Å². The van der Waals surface area contributed by atoms with Crippen molar-refractivity contribution in [3.05, 3.63) is 41.7 Å². The fourth-order valence-electron chi connectivity index (χ4n) is 2.30. The third kappa shape index (κ3) is 2.06. The van der Waals surface area contributed by atoms with Crippen LogP contribution in [0, 0.1) is 0 Å². The SMILES string of the molecule is CC(Nc1cnn(C)c1)c1ccc2c(c1)CCO2. The monoisotopic (exact) mass is 243 g/mol. The number of nitrogens with zero attached hydrogens (tertiary/aromatic N) is 2. The number of anilines is 1. The summed E-state index contributed by atoms with van der Waals surface area (Å²) < 4.78 is 7.32. The van der Waals surface area contributed by atoms with Gasteiger partial charge in [0, 0.05) is 25.7 Å². The van der Waals surface area contributed by atoms with Crippen LogP contribution in [-0.4, -0.2) is 16.4 Å². The van der Waals surface area contributed by atoms with Gasteiger partial charge in [-0.25, -0.2) is 0 Å². The number of benzene rings is 1. The lowest BCUT2D eigenvalue weighted by atomic mass is 10.0. The molecule has 0 saturated heterocycles. The van der Waals surface area contributed by atoms with Crippen LogP contribution in [0.25, 0.3) is 0 Å². The average Bonchev–Trinajstić information content (AvgIpc) is 2.96. The number of ether oxygens (including phenoxy) is 1. The van der Waals surface area contributed by atoms with E-state index in [2.05, 4.69) is 35.5 Å². The van der Waals surface area contributed by atoms with Gasteiger partial charge >= 0.3 is 0 Å². The number of aromatic nitrogens is 2. The Morgan fingerprint density at radius 1 is 1.44 bits per heavy atom. The second-order valence-corrected chi connectivity index (χ2v) is 4.73. The average molecular weight is 243 g/mol. The highest BCUT2D eigenvalue weighted by molar-refractivity contribution is 5.45. The molecular weight excluding hydrogens is 226 g/mol. The van der Waals surface area contributed by atoms with E-state index in [9.17, 15) is 0 Å². The van der Waals surface area contributed by atoms with Crippen LogP contribution in [0.15, 0.2) is 30.6 Å². The van der Waals surface area contributed by atoms with Crippen molar-refractivity contribution in [2.24, 2.45) is 7.05 Å². The molecule has 0 spiro atoms. The van der Waals surface area contributed by atoms with Gasteiger partial charge in [-0.3, -0.25) is 4.68 Å². The predicted octanol–water partition coefficient (Wildman–Crippen LogP) is 2.53. The van der Waals surface area contributed by atoms with Crippen LogP contribution < -0.4 is 10.1 Å². The molecule has 1 aliphatic rings. The molecular formula is C14H17N3O. The van der Waals surface area contributed by atoms with Crippen LogP contribution in [0.4, 0.5) is 5.69 Å². The number of hydrogen-bond donors (Lipinski definition) is 1. The summed E-state index contributed by atoms with van der Waals surface area (Å²) in [5, 5.41) is 7.60. The molecule has 0 saturated carbocycles. The van der Waals surface area contributed by atoms with E-state index in [0.29, 0.717) is 0 Å². The Morgan fingerprint density at radius 3 is 3.11 bits per heavy atom. The molecule has 1 aromatic heterocycles. The van der Waals surface area contributed by atoms with Crippen molar-refractivity contribution >= 4 is 5.69 Å². The highest BCUT2D eigenvalue weighted by Crippen LogP contribution is 2.29.